The van der Waals surface area contributed by atoms with Gasteiger partial charge in [-0.2, -0.15) is 0 Å². The van der Waals surface area contributed by atoms with E-state index in [0.717, 1.165) is 38.5 Å². The highest BCUT2D eigenvalue weighted by molar-refractivity contribution is 6.99. The molecule has 6 aromatic rings. The van der Waals surface area contributed by atoms with E-state index >= 15 is 17.6 Å². The average Bonchev–Trinajstić information content (AvgIpc) is 3.57. The van der Waals surface area contributed by atoms with Crippen molar-refractivity contribution >= 4 is 29.6 Å². The van der Waals surface area contributed by atoms with Gasteiger partial charge in [0.25, 0.3) is 14.2 Å². The number of hydrogen-bond acceptors (Lipinski definition) is 3. The maximum Gasteiger partial charge on any atom is 0.271 e. The van der Waals surface area contributed by atoms with E-state index in [-0.39, 0.29) is 17.9 Å². The molecule has 1 fully saturated rings. The van der Waals surface area contributed by atoms with Gasteiger partial charge in [0, 0.05) is 65.7 Å². The van der Waals surface area contributed by atoms with Gasteiger partial charge in [0.2, 0.25) is 0 Å². The highest BCUT2D eigenvalue weighted by Gasteiger charge is 2.53. The van der Waals surface area contributed by atoms with Crippen molar-refractivity contribution in [3.8, 4) is 0 Å². The predicted octanol–water partition coefficient (Wildman–Crippen LogP) is 10.3. The van der Waals surface area contributed by atoms with Crippen molar-refractivity contribution in [2.45, 2.75) is 75.4 Å². The van der Waals surface area contributed by atoms with E-state index in [1.165, 1.54) is 6.07 Å². The van der Waals surface area contributed by atoms with Crippen molar-refractivity contribution in [2.75, 3.05) is 32.9 Å². The summed E-state index contributed by atoms with van der Waals surface area (Å²) in [7, 11) is -3.30. The molecule has 2 aliphatic rings. The number of fused-ring (bicyclic) bond motifs is 3. The Morgan fingerprint density at radius 1 is 0.900 bits per heavy atom. The van der Waals surface area contributed by atoms with Crippen molar-refractivity contribution in [3.05, 3.63) is 167 Å². The van der Waals surface area contributed by atoms with Crippen LogP contribution < -0.4 is 15.7 Å². The van der Waals surface area contributed by atoms with Crippen molar-refractivity contribution in [2.24, 2.45) is 5.92 Å². The summed E-state index contributed by atoms with van der Waals surface area (Å²) >= 11 is 0. The Hall–Kier alpha value is -4.61. The monoisotopic (exact) mass is 834 g/mol. The number of H-pyrrole nitrogens is 1. The van der Waals surface area contributed by atoms with Crippen LogP contribution in [0.1, 0.15) is 80.4 Å². The summed E-state index contributed by atoms with van der Waals surface area (Å²) in [6, 6.07) is 39.1. The van der Waals surface area contributed by atoms with E-state index < -0.39 is 68.1 Å². The molecule has 0 amide bonds. The maximum atomic E-state index is 17.1. The van der Waals surface area contributed by atoms with Crippen LogP contribution in [-0.2, 0) is 10.8 Å². The molecule has 3 heterocycles. The molecule has 4 nitrogen and oxygen atoms in total. The number of aromatic nitrogens is 1. The van der Waals surface area contributed by atoms with E-state index in [2.05, 4.69) is 42.0 Å². The third kappa shape index (κ3) is 8.11. The van der Waals surface area contributed by atoms with Crippen molar-refractivity contribution in [1.29, 1.82) is 0 Å². The van der Waals surface area contributed by atoms with E-state index in [1.54, 1.807) is 13.0 Å². The van der Waals surface area contributed by atoms with Crippen LogP contribution in [0, 0.1) is 23.6 Å². The Kier molecular flexibility index (Phi) is 11.7. The highest BCUT2D eigenvalue weighted by atomic mass is 28.4. The van der Waals surface area contributed by atoms with Crippen molar-refractivity contribution in [3.63, 3.8) is 0 Å². The van der Waals surface area contributed by atoms with Gasteiger partial charge >= 0.3 is 0 Å². The van der Waals surface area contributed by atoms with Gasteiger partial charge in [-0.05, 0) is 76.0 Å². The molecule has 3 atom stereocenters. The Morgan fingerprint density at radius 2 is 1.57 bits per heavy atom. The quantitative estimate of drug-likeness (QED) is 0.0849. The molecule has 1 aromatic heterocycles. The normalized spacial score (nSPS) is 19.6. The molecule has 8 rings (SSSR count). The molecular formula is C50H53F5N3OSi. The maximum absolute atomic E-state index is 17.1. The van der Waals surface area contributed by atoms with Gasteiger partial charge in [0.15, 0.2) is 0 Å². The average molecular weight is 835 g/mol. The molecule has 0 saturated carbocycles. The lowest BCUT2D eigenvalue weighted by atomic mass is 9.72. The number of halogens is 5. The molecule has 2 aliphatic heterocycles. The molecule has 313 valence electrons. The lowest BCUT2D eigenvalue weighted by Crippen LogP contribution is -2.67. The van der Waals surface area contributed by atoms with Gasteiger partial charge in [-0.25, -0.2) is 17.6 Å². The summed E-state index contributed by atoms with van der Waals surface area (Å²) in [5.74, 6) is -5.25. The molecule has 2 N–H and O–H groups in total. The molecule has 1 radical (unpaired) electrons. The second-order valence-electron chi connectivity index (χ2n) is 18.1. The number of rotatable bonds is 14. The zero-order valence-electron chi connectivity index (χ0n) is 34.7. The smallest absolute Gasteiger partial charge is 0.271 e. The van der Waals surface area contributed by atoms with Gasteiger partial charge < -0.3 is 14.3 Å². The molecule has 0 unspecified atom stereocenters. The summed E-state index contributed by atoms with van der Waals surface area (Å²) in [6.45, 7) is 8.58. The Balaban J connectivity index is 1.19. The molecule has 0 aliphatic carbocycles. The minimum Gasteiger partial charge on any atom is -0.401 e. The van der Waals surface area contributed by atoms with Crippen LogP contribution in [0.25, 0.3) is 10.9 Å². The first-order chi connectivity index (χ1) is 28.7. The number of likely N-dealkylation sites (tertiary alicyclic amines) is 1. The second kappa shape index (κ2) is 16.7. The van der Waals surface area contributed by atoms with E-state index in [0.29, 0.717) is 37.3 Å². The van der Waals surface area contributed by atoms with E-state index in [1.807, 2.05) is 103 Å². The summed E-state index contributed by atoms with van der Waals surface area (Å²) in [5.41, 5.74) is 2.56. The zero-order valence-corrected chi connectivity index (χ0v) is 35.7. The first-order valence-electron chi connectivity index (χ1n) is 21.0. The third-order valence-electron chi connectivity index (χ3n) is 12.7. The molecule has 1 saturated heterocycles. The van der Waals surface area contributed by atoms with Gasteiger partial charge in [-0.1, -0.05) is 124 Å². The standard InChI is InChI=1S/C50H53F5N3OSi/c1-48(2,3)60(37-19-10-6-11-20-37,38-21-12-7-13-22-38)59-33-50(54,55)32-49(4)29-41-39-23-14-15-24-43(39)56-46(41)47(57-49)45-40(27-36(52)28-42(45)53)44(34-17-8-5-9-18-34)35-30-58(31-35)26-16-25-51/h5-8,10-15,17-24,27-28,35,44,47,56-57H,16,25-26,29-33H2,1-4H3/t44-,47+,49+/m0/s1. The van der Waals surface area contributed by atoms with Crippen LogP contribution in [-0.4, -0.2) is 62.6 Å². The van der Waals surface area contributed by atoms with Crippen LogP contribution >= 0.6 is 0 Å². The molecule has 5 aromatic carbocycles. The molecule has 10 heteroatoms. The van der Waals surface area contributed by atoms with Crippen molar-refractivity contribution < 1.29 is 26.4 Å². The fourth-order valence-corrected chi connectivity index (χ4v) is 14.8. The van der Waals surface area contributed by atoms with Gasteiger partial charge in [-0.3, -0.25) is 9.71 Å². The Labute approximate surface area is 351 Å². The molecule has 60 heavy (non-hydrogen) atoms. The zero-order chi connectivity index (χ0) is 42.3. The Bertz CT molecular complexity index is 2360. The summed E-state index contributed by atoms with van der Waals surface area (Å²) < 4.78 is 86.6. The number of benzene rings is 5. The number of nitrogens with zero attached hydrogens (tertiary/aromatic N) is 1. The lowest BCUT2D eigenvalue weighted by molar-refractivity contribution is -0.0705. The number of aromatic amines is 1. The number of nitrogens with one attached hydrogen (secondary N) is 2. The fourth-order valence-electron chi connectivity index (χ4n) is 10.2. The molecule has 0 bridgehead atoms. The van der Waals surface area contributed by atoms with E-state index in [9.17, 15) is 4.39 Å². The van der Waals surface area contributed by atoms with Crippen LogP contribution in [0.2, 0.25) is 5.04 Å². The first-order valence-corrected chi connectivity index (χ1v) is 22.9. The van der Waals surface area contributed by atoms with Crippen LogP contribution in [0.5, 0.6) is 0 Å². The van der Waals surface area contributed by atoms with E-state index in [4.69, 9.17) is 4.43 Å². The summed E-state index contributed by atoms with van der Waals surface area (Å²) in [4.78, 5) is 5.67. The minimum absolute atomic E-state index is 0.0273. The number of para-hydroxylation sites is 1. The molecular weight excluding hydrogens is 782 g/mol. The predicted molar refractivity (Wildman–Crippen MR) is 233 cm³/mol. The highest BCUT2D eigenvalue weighted by Crippen LogP contribution is 2.48. The second-order valence-corrected chi connectivity index (χ2v) is 22.4. The van der Waals surface area contributed by atoms with Gasteiger partial charge in [-0.15, -0.1) is 0 Å². The lowest BCUT2D eigenvalue weighted by Gasteiger charge is -2.46. The van der Waals surface area contributed by atoms with Crippen LogP contribution in [0.4, 0.5) is 22.0 Å². The summed E-state index contributed by atoms with van der Waals surface area (Å²) in [6.07, 6.45) is 0.0473. The first kappa shape index (κ1) is 42.1. The van der Waals surface area contributed by atoms with Crippen LogP contribution in [0.15, 0.2) is 121 Å². The minimum atomic E-state index is -3.31. The van der Waals surface area contributed by atoms with Gasteiger partial charge in [0.1, 0.15) is 11.6 Å². The SMILES string of the molecule is CC(C)(C)[Si](OCC(F)(F)C[C@@]1(C)Cc2c([nH]c3ccccc23)[C@@H](c2c(F)cc(F)cc2[C@@H](c2c[c]ccc2)C2CN(CCCF)C2)N1)(c1ccccc1)c1ccccc1. The topological polar surface area (TPSA) is 40.3 Å². The number of alkyl halides is 3. The van der Waals surface area contributed by atoms with Crippen LogP contribution in [0.3, 0.4) is 0 Å². The Morgan fingerprint density at radius 3 is 2.20 bits per heavy atom. The third-order valence-corrected chi connectivity index (χ3v) is 17.6. The summed E-state index contributed by atoms with van der Waals surface area (Å²) in [5, 5.41) is 5.74. The molecule has 0 spiro atoms. The van der Waals surface area contributed by atoms with Gasteiger partial charge in [0.05, 0.1) is 19.3 Å². The fraction of sp³-hybridized carbons (Fsp3) is 0.360. The largest absolute Gasteiger partial charge is 0.401 e. The number of hydrogen-bond donors (Lipinski definition) is 2. The van der Waals surface area contributed by atoms with Crippen molar-refractivity contribution in [1.82, 2.24) is 15.2 Å².